The second-order valence-corrected chi connectivity index (χ2v) is 15.5. The largest absolute Gasteiger partial charge is 0.458 e. The molecule has 3 aliphatic rings. The Morgan fingerprint density at radius 1 is 1.08 bits per heavy atom. The average Bonchev–Trinajstić information content (AvgIpc) is 3.33. The van der Waals surface area contributed by atoms with Crippen LogP contribution >= 0.6 is 0 Å². The lowest BCUT2D eigenvalue weighted by molar-refractivity contribution is -0.281. The normalized spacial score (nSPS) is 40.7. The first-order valence-corrected chi connectivity index (χ1v) is 18.3. The van der Waals surface area contributed by atoms with Gasteiger partial charge in [0.15, 0.2) is 17.7 Å². The van der Waals surface area contributed by atoms with Gasteiger partial charge in [0.05, 0.1) is 23.9 Å². The summed E-state index contributed by atoms with van der Waals surface area (Å²) in [7, 11) is 5.71. The number of amides is 1. The number of ether oxygens (including phenoxy) is 6. The van der Waals surface area contributed by atoms with Crippen LogP contribution < -0.4 is 0 Å². The number of rotatable bonds is 10. The Bertz CT molecular complexity index is 1220. The lowest BCUT2D eigenvalue weighted by atomic mass is 9.78. The molecule has 14 heteroatoms. The van der Waals surface area contributed by atoms with E-state index in [9.17, 15) is 14.4 Å². The minimum absolute atomic E-state index is 0.000377. The van der Waals surface area contributed by atoms with Crippen molar-refractivity contribution in [1.29, 1.82) is 0 Å². The van der Waals surface area contributed by atoms with Gasteiger partial charge in [-0.3, -0.25) is 14.5 Å². The monoisotopic (exact) mass is 709 g/mol. The van der Waals surface area contributed by atoms with Gasteiger partial charge in [0.25, 0.3) is 0 Å². The molecule has 1 amide bonds. The zero-order valence-electron chi connectivity index (χ0n) is 32.4. The maximum Gasteiger partial charge on any atom is 0.411 e. The molecule has 0 aromatic rings. The van der Waals surface area contributed by atoms with Crippen molar-refractivity contribution in [1.82, 2.24) is 9.80 Å². The Kier molecular flexibility index (Phi) is 15.0. The van der Waals surface area contributed by atoms with Crippen LogP contribution in [-0.4, -0.2) is 123 Å². The van der Waals surface area contributed by atoms with E-state index < -0.39 is 65.7 Å². The fraction of sp³-hybridized carbons (Fsp3) is 0.917. The Balaban J connectivity index is 2.02. The summed E-state index contributed by atoms with van der Waals surface area (Å²) in [5.74, 6) is -2.98. The standard InChI is InChI=1S/C36H63N5O9/c1-13-28-36(9)30(41(34(44)50-36)17-15-14-16-38-39-37)26(7)46-20-21(2)19-35(8,45-12)31(24(5)29(42)25(6)32(43)48-28)49-33-23(4)27(40(10)11)18-22(3)47-33/h21-28,30-31,33H,13-20H2,1-12H3/t21-,22-,23?,24-,25-,26-,27?,28-,30-,31-,33+,35-,36-/m1/s1. The molecule has 0 aliphatic carbocycles. The molecule has 3 aliphatic heterocycles. The summed E-state index contributed by atoms with van der Waals surface area (Å²) in [5, 5.41) is 3.60. The number of Topliss-reactive ketones (excluding diaryl/α,β-unsaturated/α-hetero) is 1. The third kappa shape index (κ3) is 9.30. The van der Waals surface area contributed by atoms with Gasteiger partial charge >= 0.3 is 12.1 Å². The van der Waals surface area contributed by atoms with E-state index in [1.807, 2.05) is 41.8 Å². The van der Waals surface area contributed by atoms with E-state index in [1.54, 1.807) is 32.8 Å². The number of fused-ring (bicyclic) bond motifs is 1. The molecule has 13 atom stereocenters. The van der Waals surface area contributed by atoms with Gasteiger partial charge in [0, 0.05) is 49.6 Å². The minimum Gasteiger partial charge on any atom is -0.458 e. The second-order valence-electron chi connectivity index (χ2n) is 15.5. The number of hydrogen-bond donors (Lipinski definition) is 0. The molecular weight excluding hydrogens is 646 g/mol. The van der Waals surface area contributed by atoms with Crippen LogP contribution in [0.15, 0.2) is 5.11 Å². The molecule has 0 radical (unpaired) electrons. The third-order valence-corrected chi connectivity index (χ3v) is 11.2. The molecule has 286 valence electrons. The highest BCUT2D eigenvalue weighted by Gasteiger charge is 2.59. The average molecular weight is 710 g/mol. The smallest absolute Gasteiger partial charge is 0.411 e. The van der Waals surface area contributed by atoms with Gasteiger partial charge < -0.3 is 33.3 Å². The number of cyclic esters (lactones) is 1. The fourth-order valence-corrected chi connectivity index (χ4v) is 8.34. The van der Waals surface area contributed by atoms with Gasteiger partial charge in [-0.15, -0.1) is 0 Å². The number of carbonyl (C=O) groups is 3. The van der Waals surface area contributed by atoms with Gasteiger partial charge in [-0.05, 0) is 92.3 Å². The Morgan fingerprint density at radius 2 is 1.76 bits per heavy atom. The molecule has 14 nitrogen and oxygen atoms in total. The number of esters is 1. The summed E-state index contributed by atoms with van der Waals surface area (Å²) in [4.78, 5) is 48.2. The Hall–Kier alpha value is -2.48. The molecule has 0 spiro atoms. The quantitative estimate of drug-likeness (QED) is 0.0681. The number of carbonyl (C=O) groups excluding carboxylic acids is 3. The summed E-state index contributed by atoms with van der Waals surface area (Å²) in [6, 6.07) is -0.393. The second kappa shape index (κ2) is 17.8. The first-order chi connectivity index (χ1) is 23.4. The van der Waals surface area contributed by atoms with Crippen molar-refractivity contribution >= 4 is 17.8 Å². The number of methoxy groups -OCH3 is 1. The van der Waals surface area contributed by atoms with Crippen molar-refractivity contribution in [3.8, 4) is 0 Å². The number of hydrogen-bond acceptors (Lipinski definition) is 11. The summed E-state index contributed by atoms with van der Waals surface area (Å²) >= 11 is 0. The predicted octanol–water partition coefficient (Wildman–Crippen LogP) is 5.76. The van der Waals surface area contributed by atoms with Crippen molar-refractivity contribution in [2.45, 2.75) is 148 Å². The van der Waals surface area contributed by atoms with Crippen LogP contribution in [0.3, 0.4) is 0 Å². The van der Waals surface area contributed by atoms with E-state index in [4.69, 9.17) is 34.0 Å². The van der Waals surface area contributed by atoms with Crippen molar-refractivity contribution in [3.63, 3.8) is 0 Å². The van der Waals surface area contributed by atoms with Crippen LogP contribution in [0, 0.1) is 23.7 Å². The highest BCUT2D eigenvalue weighted by Crippen LogP contribution is 2.41. The lowest BCUT2D eigenvalue weighted by Gasteiger charge is -2.47. The van der Waals surface area contributed by atoms with Gasteiger partial charge in [-0.25, -0.2) is 4.79 Å². The van der Waals surface area contributed by atoms with Crippen LogP contribution in [0.2, 0.25) is 0 Å². The van der Waals surface area contributed by atoms with Crippen LogP contribution in [0.25, 0.3) is 10.4 Å². The molecule has 3 fully saturated rings. The third-order valence-electron chi connectivity index (χ3n) is 11.2. The Morgan fingerprint density at radius 3 is 2.36 bits per heavy atom. The number of azide groups is 1. The van der Waals surface area contributed by atoms with E-state index in [-0.39, 0.29) is 29.8 Å². The van der Waals surface area contributed by atoms with Crippen LogP contribution in [0.5, 0.6) is 0 Å². The van der Waals surface area contributed by atoms with Gasteiger partial charge in [0.1, 0.15) is 18.1 Å². The highest BCUT2D eigenvalue weighted by molar-refractivity contribution is 6.00. The van der Waals surface area contributed by atoms with E-state index >= 15 is 0 Å². The molecule has 0 saturated carbocycles. The Labute approximate surface area is 298 Å². The van der Waals surface area contributed by atoms with Gasteiger partial charge in [-0.1, -0.05) is 32.8 Å². The molecule has 0 aromatic carbocycles. The first kappa shape index (κ1) is 41.9. The zero-order valence-corrected chi connectivity index (χ0v) is 32.4. The minimum atomic E-state index is -1.26. The van der Waals surface area contributed by atoms with E-state index in [0.717, 1.165) is 6.42 Å². The topological polar surface area (TPSA) is 162 Å². The first-order valence-electron chi connectivity index (χ1n) is 18.3. The van der Waals surface area contributed by atoms with E-state index in [2.05, 4.69) is 28.8 Å². The van der Waals surface area contributed by atoms with Crippen molar-refractivity contribution in [2.24, 2.45) is 28.8 Å². The van der Waals surface area contributed by atoms with Gasteiger partial charge in [0.2, 0.25) is 0 Å². The molecular formula is C36H63N5O9. The summed E-state index contributed by atoms with van der Waals surface area (Å²) in [6.45, 7) is 18.0. The molecule has 0 N–H and O–H groups in total. The summed E-state index contributed by atoms with van der Waals surface area (Å²) in [5.41, 5.74) is 6.43. The molecule has 3 saturated heterocycles. The maximum absolute atomic E-state index is 14.3. The molecule has 3 rings (SSSR count). The van der Waals surface area contributed by atoms with E-state index in [1.165, 1.54) is 0 Å². The lowest BCUT2D eigenvalue weighted by Crippen LogP contribution is -2.58. The summed E-state index contributed by atoms with van der Waals surface area (Å²) in [6.07, 6.45) is -0.484. The van der Waals surface area contributed by atoms with Crippen molar-refractivity contribution in [2.75, 3.05) is 40.9 Å². The molecule has 2 unspecified atom stereocenters. The molecule has 0 aromatic heterocycles. The van der Waals surface area contributed by atoms with Crippen LogP contribution in [-0.2, 0) is 38.0 Å². The molecule has 3 heterocycles. The van der Waals surface area contributed by atoms with E-state index in [0.29, 0.717) is 45.4 Å². The molecule has 0 bridgehead atoms. The SMILES string of the molecule is CC[C@H]1OC(=O)[C@H](C)C(=O)[C@@H](C)[C@@H](O[C@@H]2O[C@H](C)CC(N(C)C)C2C)[C@](C)(OC)C[C@@H](C)CO[C@H](C)[C@H]2N(CCCCN=[N+]=[N-])C(=O)O[C@]12C. The van der Waals surface area contributed by atoms with Crippen LogP contribution in [0.1, 0.15) is 94.4 Å². The predicted molar refractivity (Wildman–Crippen MR) is 187 cm³/mol. The zero-order chi connectivity index (χ0) is 37.6. The summed E-state index contributed by atoms with van der Waals surface area (Å²) < 4.78 is 38.2. The van der Waals surface area contributed by atoms with Gasteiger partial charge in [-0.2, -0.15) is 0 Å². The van der Waals surface area contributed by atoms with Crippen LogP contribution in [0.4, 0.5) is 4.79 Å². The van der Waals surface area contributed by atoms with Crippen molar-refractivity contribution in [3.05, 3.63) is 10.4 Å². The number of ketones is 1. The number of unbranched alkanes of at least 4 members (excludes halogenated alkanes) is 1. The maximum atomic E-state index is 14.3. The number of nitrogens with zero attached hydrogens (tertiary/aromatic N) is 5. The molecule has 50 heavy (non-hydrogen) atoms. The van der Waals surface area contributed by atoms with Crippen molar-refractivity contribution < 1.29 is 42.8 Å². The fourth-order valence-electron chi connectivity index (χ4n) is 8.34. The highest BCUT2D eigenvalue weighted by atomic mass is 16.7.